The van der Waals surface area contributed by atoms with E-state index in [1.807, 2.05) is 30.3 Å². The van der Waals surface area contributed by atoms with Crippen molar-refractivity contribution in [2.24, 2.45) is 5.10 Å². The third-order valence-corrected chi connectivity index (χ3v) is 5.83. The minimum atomic E-state index is -0.330. The van der Waals surface area contributed by atoms with E-state index in [1.54, 1.807) is 37.4 Å². The van der Waals surface area contributed by atoms with Crippen LogP contribution >= 0.6 is 27.5 Å². The second kappa shape index (κ2) is 10.5. The molecule has 4 aromatic carbocycles. The van der Waals surface area contributed by atoms with E-state index in [9.17, 15) is 4.79 Å². The summed E-state index contributed by atoms with van der Waals surface area (Å²) < 4.78 is 12.4. The Bertz CT molecular complexity index is 1320. The van der Waals surface area contributed by atoms with E-state index < -0.39 is 0 Å². The first-order valence-electron chi connectivity index (χ1n) is 10.1. The molecule has 1 N–H and O–H groups in total. The van der Waals surface area contributed by atoms with Crippen LogP contribution in [-0.2, 0) is 6.61 Å². The van der Waals surface area contributed by atoms with Crippen LogP contribution in [0.2, 0.25) is 5.02 Å². The highest BCUT2D eigenvalue weighted by molar-refractivity contribution is 9.10. The van der Waals surface area contributed by atoms with Crippen molar-refractivity contribution >= 4 is 50.4 Å². The number of ether oxygens (including phenoxy) is 2. The first kappa shape index (κ1) is 22.8. The Morgan fingerprint density at radius 2 is 1.82 bits per heavy atom. The van der Waals surface area contributed by atoms with Gasteiger partial charge in [0.05, 0.1) is 17.8 Å². The van der Waals surface area contributed by atoms with E-state index >= 15 is 0 Å². The predicted octanol–water partition coefficient (Wildman–Crippen LogP) is 6.61. The van der Waals surface area contributed by atoms with Gasteiger partial charge in [-0.1, -0.05) is 54.1 Å². The third-order valence-electron chi connectivity index (χ3n) is 4.99. The van der Waals surface area contributed by atoms with Gasteiger partial charge in [-0.25, -0.2) is 5.43 Å². The molecule has 0 heterocycles. The first-order chi connectivity index (χ1) is 16.0. The van der Waals surface area contributed by atoms with Gasteiger partial charge in [0.25, 0.3) is 5.91 Å². The van der Waals surface area contributed by atoms with Crippen molar-refractivity contribution in [2.75, 3.05) is 7.11 Å². The molecule has 4 rings (SSSR count). The monoisotopic (exact) mass is 522 g/mol. The van der Waals surface area contributed by atoms with Gasteiger partial charge >= 0.3 is 0 Å². The minimum absolute atomic E-state index is 0.330. The van der Waals surface area contributed by atoms with Crippen molar-refractivity contribution in [3.8, 4) is 11.5 Å². The van der Waals surface area contributed by atoms with Crippen molar-refractivity contribution in [2.45, 2.75) is 6.61 Å². The second-order valence-electron chi connectivity index (χ2n) is 7.17. The standard InChI is InChI=1S/C26H20BrClN2O3/c1-32-24-14-17(15-29-30-26(31)19-9-11-21(28)12-10-19)13-23(27)25(24)33-16-20-7-4-6-18-5-2-3-8-22(18)20/h2-15H,16H2,1H3,(H,30,31)/b29-15-. The van der Waals surface area contributed by atoms with Crippen molar-refractivity contribution in [1.29, 1.82) is 0 Å². The van der Waals surface area contributed by atoms with Crippen LogP contribution in [-0.4, -0.2) is 19.2 Å². The molecule has 1 amide bonds. The van der Waals surface area contributed by atoms with Crippen molar-refractivity contribution in [3.05, 3.63) is 105 Å². The molecular formula is C26H20BrClN2O3. The molecule has 166 valence electrons. The van der Waals surface area contributed by atoms with Crippen molar-refractivity contribution in [3.63, 3.8) is 0 Å². The summed E-state index contributed by atoms with van der Waals surface area (Å²) in [6.45, 7) is 0.390. The average Bonchev–Trinajstić information content (AvgIpc) is 2.83. The zero-order chi connectivity index (χ0) is 23.2. The number of fused-ring (bicyclic) bond motifs is 1. The number of hydrogen-bond donors (Lipinski definition) is 1. The Morgan fingerprint density at radius 3 is 2.61 bits per heavy atom. The lowest BCUT2D eigenvalue weighted by Gasteiger charge is -2.14. The van der Waals surface area contributed by atoms with Crippen LogP contribution in [0.4, 0.5) is 0 Å². The van der Waals surface area contributed by atoms with Gasteiger partial charge in [-0.2, -0.15) is 5.10 Å². The van der Waals surface area contributed by atoms with E-state index in [2.05, 4.69) is 44.7 Å². The SMILES string of the molecule is COc1cc(/C=N\NC(=O)c2ccc(Cl)cc2)cc(Br)c1OCc1cccc2ccccc12. The molecule has 33 heavy (non-hydrogen) atoms. The molecule has 0 spiro atoms. The number of hydrogen-bond acceptors (Lipinski definition) is 4. The number of nitrogens with one attached hydrogen (secondary N) is 1. The fraction of sp³-hybridized carbons (Fsp3) is 0.0769. The van der Waals surface area contributed by atoms with Crippen LogP contribution in [0.25, 0.3) is 10.8 Å². The summed E-state index contributed by atoms with van der Waals surface area (Å²) >= 11 is 9.41. The maximum atomic E-state index is 12.2. The molecule has 0 aliphatic heterocycles. The zero-order valence-corrected chi connectivity index (χ0v) is 20.1. The lowest BCUT2D eigenvalue weighted by atomic mass is 10.1. The maximum absolute atomic E-state index is 12.2. The van der Waals surface area contributed by atoms with Gasteiger partial charge in [-0.15, -0.1) is 0 Å². The highest BCUT2D eigenvalue weighted by Crippen LogP contribution is 2.37. The van der Waals surface area contributed by atoms with Crippen LogP contribution < -0.4 is 14.9 Å². The van der Waals surface area contributed by atoms with Gasteiger partial charge in [0, 0.05) is 10.6 Å². The topological polar surface area (TPSA) is 59.9 Å². The predicted molar refractivity (Wildman–Crippen MR) is 135 cm³/mol. The highest BCUT2D eigenvalue weighted by Gasteiger charge is 2.12. The van der Waals surface area contributed by atoms with Crippen LogP contribution in [0.3, 0.4) is 0 Å². The van der Waals surface area contributed by atoms with E-state index in [-0.39, 0.29) is 5.91 Å². The Labute approximate surface area is 205 Å². The summed E-state index contributed by atoms with van der Waals surface area (Å²) in [5, 5.41) is 6.92. The first-order valence-corrected chi connectivity index (χ1v) is 11.3. The molecular weight excluding hydrogens is 504 g/mol. The number of amides is 1. The quantitative estimate of drug-likeness (QED) is 0.219. The lowest BCUT2D eigenvalue weighted by Crippen LogP contribution is -2.17. The van der Waals surface area contributed by atoms with Gasteiger partial charge in [0.15, 0.2) is 11.5 Å². The Balaban J connectivity index is 1.47. The molecule has 0 radical (unpaired) electrons. The number of nitrogens with zero attached hydrogens (tertiary/aromatic N) is 1. The van der Waals surface area contributed by atoms with Crippen LogP contribution in [0.5, 0.6) is 11.5 Å². The van der Waals surface area contributed by atoms with Gasteiger partial charge in [-0.3, -0.25) is 4.79 Å². The second-order valence-corrected chi connectivity index (χ2v) is 8.46. The summed E-state index contributed by atoms with van der Waals surface area (Å²) in [6, 6.07) is 24.6. The highest BCUT2D eigenvalue weighted by atomic mass is 79.9. The van der Waals surface area contributed by atoms with Crippen LogP contribution in [0.1, 0.15) is 21.5 Å². The Morgan fingerprint density at radius 1 is 1.06 bits per heavy atom. The number of benzene rings is 4. The van der Waals surface area contributed by atoms with E-state index in [0.717, 1.165) is 21.9 Å². The lowest BCUT2D eigenvalue weighted by molar-refractivity contribution is 0.0955. The number of methoxy groups -OCH3 is 1. The number of rotatable bonds is 7. The average molecular weight is 524 g/mol. The molecule has 0 aliphatic carbocycles. The minimum Gasteiger partial charge on any atom is -0.493 e. The van der Waals surface area contributed by atoms with Gasteiger partial charge in [0.2, 0.25) is 0 Å². The fourth-order valence-corrected chi connectivity index (χ4v) is 4.05. The Kier molecular flexibility index (Phi) is 7.27. The van der Waals surface area contributed by atoms with E-state index in [0.29, 0.717) is 33.2 Å². The summed E-state index contributed by atoms with van der Waals surface area (Å²) in [5.74, 6) is 0.812. The smallest absolute Gasteiger partial charge is 0.271 e. The summed E-state index contributed by atoms with van der Waals surface area (Å²) in [7, 11) is 1.58. The molecule has 7 heteroatoms. The van der Waals surface area contributed by atoms with Crippen molar-refractivity contribution in [1.82, 2.24) is 5.43 Å². The molecule has 5 nitrogen and oxygen atoms in total. The molecule has 0 unspecified atom stereocenters. The number of halogens is 2. The third kappa shape index (κ3) is 5.53. The maximum Gasteiger partial charge on any atom is 0.271 e. The number of hydrazone groups is 1. The molecule has 0 saturated carbocycles. The van der Waals surface area contributed by atoms with E-state index in [4.69, 9.17) is 21.1 Å². The molecule has 0 aromatic heterocycles. The molecule has 0 aliphatic rings. The number of carbonyl (C=O) groups is 1. The molecule has 4 aromatic rings. The molecule has 0 bridgehead atoms. The largest absolute Gasteiger partial charge is 0.493 e. The summed E-state index contributed by atoms with van der Waals surface area (Å²) in [6.07, 6.45) is 1.54. The van der Waals surface area contributed by atoms with Gasteiger partial charge < -0.3 is 9.47 Å². The number of carbonyl (C=O) groups excluding carboxylic acids is 1. The zero-order valence-electron chi connectivity index (χ0n) is 17.7. The van der Waals surface area contributed by atoms with Crippen LogP contribution in [0, 0.1) is 0 Å². The van der Waals surface area contributed by atoms with Gasteiger partial charge in [0.1, 0.15) is 6.61 Å². The van der Waals surface area contributed by atoms with Gasteiger partial charge in [-0.05, 0) is 74.2 Å². The van der Waals surface area contributed by atoms with Crippen molar-refractivity contribution < 1.29 is 14.3 Å². The molecule has 0 fully saturated rings. The summed E-state index contributed by atoms with van der Waals surface area (Å²) in [5.41, 5.74) is 4.78. The Hall–Kier alpha value is -3.35. The molecule has 0 saturated heterocycles. The summed E-state index contributed by atoms with van der Waals surface area (Å²) in [4.78, 5) is 12.2. The normalized spacial score (nSPS) is 11.0. The van der Waals surface area contributed by atoms with E-state index in [1.165, 1.54) is 6.21 Å². The molecule has 0 atom stereocenters. The van der Waals surface area contributed by atoms with Crippen LogP contribution in [0.15, 0.2) is 88.4 Å². The fourth-order valence-electron chi connectivity index (χ4n) is 3.35.